The van der Waals surface area contributed by atoms with Gasteiger partial charge in [0.1, 0.15) is 0 Å². The molecule has 2 N–H and O–H groups in total. The lowest BCUT2D eigenvalue weighted by atomic mass is 9.95. The Bertz CT molecular complexity index is 111. The summed E-state index contributed by atoms with van der Waals surface area (Å²) in [5, 5.41) is 17.2. The van der Waals surface area contributed by atoms with Crippen LogP contribution >= 0.6 is 0 Å². The zero-order chi connectivity index (χ0) is 10.4. The Morgan fingerprint density at radius 3 is 1.31 bits per heavy atom. The lowest BCUT2D eigenvalue weighted by Crippen LogP contribution is -2.29. The first-order chi connectivity index (χ1) is 6.02. The molecule has 4 heteroatoms. The van der Waals surface area contributed by atoms with Gasteiger partial charge in [-0.1, -0.05) is 27.7 Å². The zero-order valence-corrected chi connectivity index (χ0v) is 8.73. The molecule has 0 aromatic carbocycles. The number of hydrogen-bond donors (Lipinski definition) is 2. The average Bonchev–Trinajstić information content (AvgIpc) is 2.05. The highest BCUT2D eigenvalue weighted by Gasteiger charge is 2.23. The summed E-state index contributed by atoms with van der Waals surface area (Å²) in [6.07, 6.45) is -0.0957. The molecule has 2 atom stereocenters. The first-order valence-corrected chi connectivity index (χ1v) is 4.63. The van der Waals surface area contributed by atoms with Crippen LogP contribution in [0.15, 0.2) is 0 Å². The summed E-state index contributed by atoms with van der Waals surface area (Å²) in [6.45, 7) is 7.76. The Balaban J connectivity index is 4.03. The molecule has 0 spiro atoms. The minimum Gasteiger partial charge on any atom is -0.252 e. The van der Waals surface area contributed by atoms with Crippen molar-refractivity contribution in [2.45, 2.75) is 46.3 Å². The molecule has 0 aromatic rings. The lowest BCUT2D eigenvalue weighted by Gasteiger charge is -2.23. The molecule has 13 heavy (non-hydrogen) atoms. The summed E-state index contributed by atoms with van der Waals surface area (Å²) in [5.41, 5.74) is 0. The molecule has 0 amide bonds. The zero-order valence-electron chi connectivity index (χ0n) is 8.73. The SMILES string of the molecule is CC(C)C(CC(OO)C(C)C)OO. The second kappa shape index (κ2) is 6.32. The minimum absolute atomic E-state index is 0.196. The van der Waals surface area contributed by atoms with Crippen molar-refractivity contribution >= 4 is 0 Å². The third-order valence-corrected chi connectivity index (χ3v) is 2.22. The Labute approximate surface area is 79.3 Å². The molecule has 0 radical (unpaired) electrons. The summed E-state index contributed by atoms with van der Waals surface area (Å²) >= 11 is 0. The Morgan fingerprint density at radius 2 is 1.15 bits per heavy atom. The fourth-order valence-corrected chi connectivity index (χ4v) is 1.10. The van der Waals surface area contributed by atoms with E-state index in [0.717, 1.165) is 0 Å². The predicted octanol–water partition coefficient (Wildman–Crippen LogP) is 2.40. The van der Waals surface area contributed by atoms with Gasteiger partial charge in [-0.2, -0.15) is 0 Å². The maximum atomic E-state index is 8.59. The van der Waals surface area contributed by atoms with E-state index in [1.165, 1.54) is 0 Å². The van der Waals surface area contributed by atoms with Crippen LogP contribution in [0.1, 0.15) is 34.1 Å². The van der Waals surface area contributed by atoms with Crippen molar-refractivity contribution in [1.82, 2.24) is 0 Å². The van der Waals surface area contributed by atoms with Gasteiger partial charge in [-0.05, 0) is 11.8 Å². The molecule has 0 heterocycles. The molecule has 0 aliphatic carbocycles. The van der Waals surface area contributed by atoms with Gasteiger partial charge in [0.25, 0.3) is 0 Å². The molecule has 0 bridgehead atoms. The largest absolute Gasteiger partial charge is 0.252 e. The van der Waals surface area contributed by atoms with Crippen LogP contribution in [0.25, 0.3) is 0 Å². The number of hydrogen-bond acceptors (Lipinski definition) is 4. The van der Waals surface area contributed by atoms with Crippen LogP contribution in [0.2, 0.25) is 0 Å². The summed E-state index contributed by atoms with van der Waals surface area (Å²) in [5.74, 6) is 0.391. The summed E-state index contributed by atoms with van der Waals surface area (Å²) in [6, 6.07) is 0. The normalized spacial score (nSPS) is 16.6. The van der Waals surface area contributed by atoms with E-state index in [1.807, 2.05) is 27.7 Å². The molecule has 0 saturated heterocycles. The van der Waals surface area contributed by atoms with Crippen LogP contribution in [0.4, 0.5) is 0 Å². The van der Waals surface area contributed by atoms with Gasteiger partial charge in [-0.3, -0.25) is 10.5 Å². The quantitative estimate of drug-likeness (QED) is 0.501. The van der Waals surface area contributed by atoms with Crippen molar-refractivity contribution in [2.24, 2.45) is 11.8 Å². The van der Waals surface area contributed by atoms with E-state index in [0.29, 0.717) is 6.42 Å². The molecule has 80 valence electrons. The van der Waals surface area contributed by atoms with Gasteiger partial charge < -0.3 is 0 Å². The standard InChI is InChI=1S/C9H20O4/c1-6(2)8(12-10)5-9(13-11)7(3)4/h6-11H,5H2,1-4H3. The first kappa shape index (κ1) is 12.8. The van der Waals surface area contributed by atoms with E-state index in [4.69, 9.17) is 10.5 Å². The van der Waals surface area contributed by atoms with Crippen molar-refractivity contribution in [3.8, 4) is 0 Å². The fraction of sp³-hybridized carbons (Fsp3) is 1.00. The fourth-order valence-electron chi connectivity index (χ4n) is 1.10. The maximum absolute atomic E-state index is 8.59. The molecule has 0 fully saturated rings. The van der Waals surface area contributed by atoms with Gasteiger partial charge in [-0.15, -0.1) is 0 Å². The van der Waals surface area contributed by atoms with Crippen LogP contribution in [-0.4, -0.2) is 22.7 Å². The van der Waals surface area contributed by atoms with E-state index in [9.17, 15) is 0 Å². The van der Waals surface area contributed by atoms with Crippen LogP contribution in [0, 0.1) is 11.8 Å². The van der Waals surface area contributed by atoms with E-state index >= 15 is 0 Å². The molecule has 0 saturated carbocycles. The van der Waals surface area contributed by atoms with Gasteiger partial charge in [-0.25, -0.2) is 9.78 Å². The van der Waals surface area contributed by atoms with Gasteiger partial charge in [0.15, 0.2) is 0 Å². The monoisotopic (exact) mass is 192 g/mol. The van der Waals surface area contributed by atoms with E-state index in [2.05, 4.69) is 9.78 Å². The van der Waals surface area contributed by atoms with Crippen LogP contribution in [0.5, 0.6) is 0 Å². The summed E-state index contributed by atoms with van der Waals surface area (Å²) in [4.78, 5) is 8.61. The molecule has 0 aliphatic heterocycles. The molecule has 0 rings (SSSR count). The van der Waals surface area contributed by atoms with Crippen molar-refractivity contribution in [3.05, 3.63) is 0 Å². The molecular weight excluding hydrogens is 172 g/mol. The highest BCUT2D eigenvalue weighted by Crippen LogP contribution is 2.18. The molecule has 0 aromatic heterocycles. The van der Waals surface area contributed by atoms with Crippen molar-refractivity contribution < 1.29 is 20.3 Å². The third kappa shape index (κ3) is 4.57. The van der Waals surface area contributed by atoms with Crippen LogP contribution in [-0.2, 0) is 9.78 Å². The topological polar surface area (TPSA) is 58.9 Å². The van der Waals surface area contributed by atoms with E-state index in [-0.39, 0.29) is 24.0 Å². The van der Waals surface area contributed by atoms with E-state index in [1.54, 1.807) is 0 Å². The minimum atomic E-state index is -0.292. The second-order valence-electron chi connectivity index (χ2n) is 4.01. The van der Waals surface area contributed by atoms with Crippen LogP contribution < -0.4 is 0 Å². The number of rotatable bonds is 6. The summed E-state index contributed by atoms with van der Waals surface area (Å²) < 4.78 is 0. The molecular formula is C9H20O4. The first-order valence-electron chi connectivity index (χ1n) is 4.63. The third-order valence-electron chi connectivity index (χ3n) is 2.22. The van der Waals surface area contributed by atoms with Crippen LogP contribution in [0.3, 0.4) is 0 Å². The maximum Gasteiger partial charge on any atom is 0.0976 e. The van der Waals surface area contributed by atoms with Crippen molar-refractivity contribution in [3.63, 3.8) is 0 Å². The predicted molar refractivity (Wildman–Crippen MR) is 49.3 cm³/mol. The van der Waals surface area contributed by atoms with Gasteiger partial charge in [0.2, 0.25) is 0 Å². The second-order valence-corrected chi connectivity index (χ2v) is 4.01. The molecule has 0 aliphatic rings. The Morgan fingerprint density at radius 1 is 0.846 bits per heavy atom. The Hall–Kier alpha value is -0.160. The van der Waals surface area contributed by atoms with Crippen molar-refractivity contribution in [2.75, 3.05) is 0 Å². The van der Waals surface area contributed by atoms with Gasteiger partial charge in [0.05, 0.1) is 12.2 Å². The molecule has 4 nitrogen and oxygen atoms in total. The smallest absolute Gasteiger partial charge is 0.0976 e. The summed E-state index contributed by atoms with van der Waals surface area (Å²) in [7, 11) is 0. The van der Waals surface area contributed by atoms with Gasteiger partial charge in [0, 0.05) is 6.42 Å². The Kier molecular flexibility index (Phi) is 6.24. The van der Waals surface area contributed by atoms with Gasteiger partial charge >= 0.3 is 0 Å². The van der Waals surface area contributed by atoms with Crippen molar-refractivity contribution in [1.29, 1.82) is 0 Å². The molecule has 2 unspecified atom stereocenters. The lowest BCUT2D eigenvalue weighted by molar-refractivity contribution is -0.323. The average molecular weight is 192 g/mol. The highest BCUT2D eigenvalue weighted by atomic mass is 17.1. The van der Waals surface area contributed by atoms with E-state index < -0.39 is 0 Å². The highest BCUT2D eigenvalue weighted by molar-refractivity contribution is 4.70.